The van der Waals surface area contributed by atoms with Crippen LogP contribution in [0.5, 0.6) is 0 Å². The third-order valence-corrected chi connectivity index (χ3v) is 3.37. The van der Waals surface area contributed by atoms with Gasteiger partial charge in [-0.1, -0.05) is 17.7 Å². The molecular weight excluding hydrogens is 289 g/mol. The monoisotopic (exact) mass is 301 g/mol. The van der Waals surface area contributed by atoms with E-state index >= 15 is 0 Å². The van der Waals surface area contributed by atoms with Crippen molar-refractivity contribution in [1.29, 1.82) is 5.26 Å². The fourth-order valence-corrected chi connectivity index (χ4v) is 2.23. The summed E-state index contributed by atoms with van der Waals surface area (Å²) in [4.78, 5) is 8.44. The third-order valence-electron chi connectivity index (χ3n) is 3.16. The fourth-order valence-electron chi connectivity index (χ4n) is 2.07. The molecule has 21 heavy (non-hydrogen) atoms. The SMILES string of the molecule is C/C=C(\c1cc(Cl)cnc1C)c1nc(C)c(F)cc1C#N. The smallest absolute Gasteiger partial charge is 0.145 e. The zero-order chi connectivity index (χ0) is 15.6. The molecule has 0 unspecified atom stereocenters. The maximum atomic E-state index is 13.6. The number of allylic oxidation sites excluding steroid dienone is 1. The molecule has 0 radical (unpaired) electrons. The molecule has 0 aromatic carbocycles. The van der Waals surface area contributed by atoms with Crippen molar-refractivity contribution >= 4 is 17.2 Å². The van der Waals surface area contributed by atoms with E-state index in [0.717, 1.165) is 11.3 Å². The highest BCUT2D eigenvalue weighted by Crippen LogP contribution is 2.29. The number of halogens is 2. The first-order valence-corrected chi connectivity index (χ1v) is 6.72. The van der Waals surface area contributed by atoms with Crippen molar-refractivity contribution in [2.45, 2.75) is 20.8 Å². The lowest BCUT2D eigenvalue weighted by molar-refractivity contribution is 0.608. The molecule has 0 spiro atoms. The van der Waals surface area contributed by atoms with Crippen LogP contribution in [0.4, 0.5) is 4.39 Å². The van der Waals surface area contributed by atoms with Crippen molar-refractivity contribution in [3.63, 3.8) is 0 Å². The lowest BCUT2D eigenvalue weighted by atomic mass is 9.97. The molecule has 0 atom stereocenters. The Labute approximate surface area is 127 Å². The second-order valence-electron chi connectivity index (χ2n) is 4.55. The van der Waals surface area contributed by atoms with Crippen molar-refractivity contribution in [3.8, 4) is 6.07 Å². The Kier molecular flexibility index (Phi) is 4.35. The quantitative estimate of drug-likeness (QED) is 0.835. The third kappa shape index (κ3) is 2.93. The van der Waals surface area contributed by atoms with Crippen molar-refractivity contribution in [1.82, 2.24) is 9.97 Å². The number of aryl methyl sites for hydroxylation is 2. The van der Waals surface area contributed by atoms with Crippen molar-refractivity contribution in [2.75, 3.05) is 0 Å². The molecule has 0 saturated carbocycles. The van der Waals surface area contributed by atoms with Crippen LogP contribution in [-0.2, 0) is 0 Å². The van der Waals surface area contributed by atoms with Gasteiger partial charge in [-0.05, 0) is 32.9 Å². The largest absolute Gasteiger partial charge is 0.259 e. The van der Waals surface area contributed by atoms with E-state index in [1.807, 2.05) is 26.0 Å². The molecule has 0 aliphatic rings. The molecule has 2 aromatic rings. The van der Waals surface area contributed by atoms with Crippen LogP contribution in [0.25, 0.3) is 5.57 Å². The first-order chi connectivity index (χ1) is 9.97. The Morgan fingerprint density at radius 3 is 2.67 bits per heavy atom. The minimum atomic E-state index is -0.494. The van der Waals surface area contributed by atoms with Gasteiger partial charge in [0.05, 0.1) is 22.0 Å². The van der Waals surface area contributed by atoms with Gasteiger partial charge in [-0.2, -0.15) is 5.26 Å². The topological polar surface area (TPSA) is 49.6 Å². The molecule has 0 aliphatic heterocycles. The van der Waals surface area contributed by atoms with E-state index in [0.29, 0.717) is 16.3 Å². The summed E-state index contributed by atoms with van der Waals surface area (Å²) in [7, 11) is 0. The molecule has 0 bridgehead atoms. The van der Waals surface area contributed by atoms with Gasteiger partial charge >= 0.3 is 0 Å². The van der Waals surface area contributed by atoms with E-state index in [-0.39, 0.29) is 11.3 Å². The van der Waals surface area contributed by atoms with Gasteiger partial charge in [0.2, 0.25) is 0 Å². The molecule has 5 heteroatoms. The van der Waals surface area contributed by atoms with Gasteiger partial charge in [0, 0.05) is 23.0 Å². The summed E-state index contributed by atoms with van der Waals surface area (Å²) in [6, 6.07) is 4.95. The molecule has 0 fully saturated rings. The predicted octanol–water partition coefficient (Wildman–Crippen LogP) is 4.21. The first-order valence-electron chi connectivity index (χ1n) is 6.34. The summed E-state index contributed by atoms with van der Waals surface area (Å²) in [5.74, 6) is -0.494. The summed E-state index contributed by atoms with van der Waals surface area (Å²) >= 11 is 6.00. The van der Waals surface area contributed by atoms with Crippen LogP contribution in [0.1, 0.15) is 35.1 Å². The zero-order valence-corrected chi connectivity index (χ0v) is 12.7. The highest BCUT2D eigenvalue weighted by Gasteiger charge is 2.16. The van der Waals surface area contributed by atoms with Gasteiger partial charge in [0.15, 0.2) is 0 Å². The van der Waals surface area contributed by atoms with Crippen LogP contribution in [0.2, 0.25) is 5.02 Å². The maximum absolute atomic E-state index is 13.6. The molecule has 0 saturated heterocycles. The molecule has 3 nitrogen and oxygen atoms in total. The molecule has 0 N–H and O–H groups in total. The Morgan fingerprint density at radius 2 is 2.05 bits per heavy atom. The lowest BCUT2D eigenvalue weighted by Gasteiger charge is -2.12. The summed E-state index contributed by atoms with van der Waals surface area (Å²) in [5.41, 5.74) is 3.12. The van der Waals surface area contributed by atoms with E-state index in [4.69, 9.17) is 11.6 Å². The number of hydrogen-bond acceptors (Lipinski definition) is 3. The van der Waals surface area contributed by atoms with Crippen molar-refractivity contribution in [3.05, 3.63) is 63.5 Å². The van der Waals surface area contributed by atoms with E-state index < -0.39 is 5.82 Å². The number of nitriles is 1. The van der Waals surface area contributed by atoms with Crippen LogP contribution in [0.3, 0.4) is 0 Å². The fraction of sp³-hybridized carbons (Fsp3) is 0.188. The van der Waals surface area contributed by atoms with Crippen LogP contribution in [0.15, 0.2) is 24.4 Å². The van der Waals surface area contributed by atoms with Gasteiger partial charge < -0.3 is 0 Å². The van der Waals surface area contributed by atoms with Gasteiger partial charge in [-0.3, -0.25) is 4.98 Å². The van der Waals surface area contributed by atoms with E-state index in [1.165, 1.54) is 6.07 Å². The van der Waals surface area contributed by atoms with Gasteiger partial charge in [-0.25, -0.2) is 9.37 Å². The molecule has 2 rings (SSSR count). The Hall–Kier alpha value is -2.25. The number of aromatic nitrogens is 2. The van der Waals surface area contributed by atoms with Crippen molar-refractivity contribution < 1.29 is 4.39 Å². The van der Waals surface area contributed by atoms with E-state index in [1.54, 1.807) is 19.2 Å². The second-order valence-corrected chi connectivity index (χ2v) is 4.99. The summed E-state index contributed by atoms with van der Waals surface area (Å²) in [5, 5.41) is 9.72. The normalized spacial score (nSPS) is 11.3. The van der Waals surface area contributed by atoms with Crippen molar-refractivity contribution in [2.24, 2.45) is 0 Å². The highest BCUT2D eigenvalue weighted by atomic mass is 35.5. The molecule has 0 amide bonds. The number of nitrogens with zero attached hydrogens (tertiary/aromatic N) is 3. The number of pyridine rings is 2. The number of hydrogen-bond donors (Lipinski definition) is 0. The predicted molar refractivity (Wildman–Crippen MR) is 80.4 cm³/mol. The average Bonchev–Trinajstić information content (AvgIpc) is 2.46. The second kappa shape index (κ2) is 6.02. The summed E-state index contributed by atoms with van der Waals surface area (Å²) in [6.07, 6.45) is 3.38. The molecule has 106 valence electrons. The van der Waals surface area contributed by atoms with Crippen LogP contribution in [0, 0.1) is 31.0 Å². The Bertz CT molecular complexity index is 776. The molecule has 0 aliphatic carbocycles. The zero-order valence-electron chi connectivity index (χ0n) is 11.9. The minimum Gasteiger partial charge on any atom is -0.259 e. The lowest BCUT2D eigenvalue weighted by Crippen LogP contribution is -2.02. The average molecular weight is 302 g/mol. The van der Waals surface area contributed by atoms with Gasteiger partial charge in [0.1, 0.15) is 11.9 Å². The molecule has 2 heterocycles. The standard InChI is InChI=1S/C16H13ClFN3/c1-4-13(14-6-12(17)8-20-9(14)2)16-11(7-19)5-15(18)10(3)21-16/h4-6,8H,1-3H3/b13-4+. The van der Waals surface area contributed by atoms with E-state index in [9.17, 15) is 9.65 Å². The Morgan fingerprint density at radius 1 is 1.33 bits per heavy atom. The van der Waals surface area contributed by atoms with Gasteiger partial charge in [0.25, 0.3) is 0 Å². The summed E-state index contributed by atoms with van der Waals surface area (Å²) in [6.45, 7) is 5.24. The first kappa shape index (κ1) is 15.1. The van der Waals surface area contributed by atoms with Crippen LogP contribution >= 0.6 is 11.6 Å². The number of rotatable bonds is 2. The maximum Gasteiger partial charge on any atom is 0.145 e. The van der Waals surface area contributed by atoms with E-state index in [2.05, 4.69) is 9.97 Å². The highest BCUT2D eigenvalue weighted by molar-refractivity contribution is 6.30. The summed E-state index contributed by atoms with van der Waals surface area (Å²) < 4.78 is 13.6. The van der Waals surface area contributed by atoms with Crippen LogP contribution < -0.4 is 0 Å². The molecular formula is C16H13ClFN3. The molecule has 2 aromatic heterocycles. The minimum absolute atomic E-state index is 0.186. The Balaban J connectivity index is 2.71. The van der Waals surface area contributed by atoms with Gasteiger partial charge in [-0.15, -0.1) is 0 Å². The van der Waals surface area contributed by atoms with Crippen LogP contribution in [-0.4, -0.2) is 9.97 Å².